The third-order valence-electron chi connectivity index (χ3n) is 3.10. The number of thiol groups is 1. The predicted octanol–water partition coefficient (Wildman–Crippen LogP) is 2.42. The van der Waals surface area contributed by atoms with Gasteiger partial charge in [0.15, 0.2) is 0 Å². The monoisotopic (exact) mass is 296 g/mol. The minimum absolute atomic E-state index is 0.311. The van der Waals surface area contributed by atoms with Crippen molar-refractivity contribution < 1.29 is 5.11 Å². The van der Waals surface area contributed by atoms with Crippen LogP contribution in [-0.4, -0.2) is 52.7 Å². The van der Waals surface area contributed by atoms with Crippen LogP contribution in [0.2, 0.25) is 0 Å². The van der Waals surface area contributed by atoms with Gasteiger partial charge in [-0.15, -0.1) is 11.8 Å². The third-order valence-corrected chi connectivity index (χ3v) is 4.45. The van der Waals surface area contributed by atoms with Gasteiger partial charge in [0.05, 0.1) is 6.04 Å². The first-order valence-electron chi connectivity index (χ1n) is 6.40. The van der Waals surface area contributed by atoms with Crippen molar-refractivity contribution >= 4 is 29.4 Å². The molecule has 0 spiro atoms. The number of aliphatic imine (C=N–C) groups is 1. The molecule has 0 saturated heterocycles. The SMILES string of the molecule is Cc1ccc(C2=NC(CN(C)CCS)CS2)c(O)c1. The molecule has 3 nitrogen and oxygen atoms in total. The lowest BCUT2D eigenvalue weighted by molar-refractivity contribution is 0.340. The van der Waals surface area contributed by atoms with Crippen LogP contribution < -0.4 is 0 Å². The molecule has 1 aliphatic rings. The molecular weight excluding hydrogens is 276 g/mol. The van der Waals surface area contributed by atoms with Crippen LogP contribution in [0.25, 0.3) is 0 Å². The summed E-state index contributed by atoms with van der Waals surface area (Å²) >= 11 is 5.97. The fourth-order valence-corrected chi connectivity index (χ4v) is 3.52. The minimum Gasteiger partial charge on any atom is -0.507 e. The van der Waals surface area contributed by atoms with E-state index in [-0.39, 0.29) is 0 Å². The minimum atomic E-state index is 0.311. The summed E-state index contributed by atoms with van der Waals surface area (Å²) in [6.45, 7) is 3.90. The van der Waals surface area contributed by atoms with Gasteiger partial charge in [-0.2, -0.15) is 12.6 Å². The van der Waals surface area contributed by atoms with Crippen LogP contribution in [0.4, 0.5) is 0 Å². The van der Waals surface area contributed by atoms with E-state index in [4.69, 9.17) is 4.99 Å². The largest absolute Gasteiger partial charge is 0.507 e. The average Bonchev–Trinajstić information content (AvgIpc) is 2.77. The maximum absolute atomic E-state index is 9.99. The molecule has 1 heterocycles. The highest BCUT2D eigenvalue weighted by molar-refractivity contribution is 8.14. The van der Waals surface area contributed by atoms with Gasteiger partial charge in [0, 0.05) is 30.2 Å². The highest BCUT2D eigenvalue weighted by Gasteiger charge is 2.22. The number of hydrogen-bond acceptors (Lipinski definition) is 5. The number of phenolic OH excluding ortho intramolecular Hbond substituents is 1. The van der Waals surface area contributed by atoms with Gasteiger partial charge in [-0.05, 0) is 31.7 Å². The van der Waals surface area contributed by atoms with Crippen LogP contribution in [0, 0.1) is 6.92 Å². The highest BCUT2D eigenvalue weighted by Crippen LogP contribution is 2.29. The van der Waals surface area contributed by atoms with E-state index >= 15 is 0 Å². The Morgan fingerprint density at radius 1 is 1.53 bits per heavy atom. The molecule has 1 aliphatic heterocycles. The van der Waals surface area contributed by atoms with Gasteiger partial charge in [0.1, 0.15) is 10.8 Å². The molecule has 0 aromatic heterocycles. The van der Waals surface area contributed by atoms with E-state index in [0.717, 1.165) is 40.8 Å². The van der Waals surface area contributed by atoms with Crippen molar-refractivity contribution in [2.45, 2.75) is 13.0 Å². The Labute approximate surface area is 124 Å². The summed E-state index contributed by atoms with van der Waals surface area (Å²) in [4.78, 5) is 6.97. The fraction of sp³-hybridized carbons (Fsp3) is 0.500. The maximum atomic E-state index is 9.99. The molecule has 1 N–H and O–H groups in total. The number of likely N-dealkylation sites (N-methyl/N-ethyl adjacent to an activating group) is 1. The lowest BCUT2D eigenvalue weighted by atomic mass is 10.1. The second-order valence-corrected chi connectivity index (χ2v) is 6.36. The third kappa shape index (κ3) is 3.91. The van der Waals surface area contributed by atoms with Crippen molar-refractivity contribution in [3.8, 4) is 5.75 Å². The van der Waals surface area contributed by atoms with Gasteiger partial charge < -0.3 is 10.0 Å². The van der Waals surface area contributed by atoms with Crippen molar-refractivity contribution in [2.75, 3.05) is 31.6 Å². The molecule has 0 saturated carbocycles. The summed E-state index contributed by atoms with van der Waals surface area (Å²) in [5, 5.41) is 10.9. The number of benzene rings is 1. The van der Waals surface area contributed by atoms with E-state index in [0.29, 0.717) is 11.8 Å². The Hall–Kier alpha value is -0.650. The molecule has 0 fully saturated rings. The van der Waals surface area contributed by atoms with Crippen molar-refractivity contribution in [1.82, 2.24) is 4.90 Å². The molecule has 5 heteroatoms. The van der Waals surface area contributed by atoms with Crippen molar-refractivity contribution in [3.05, 3.63) is 29.3 Å². The quantitative estimate of drug-likeness (QED) is 0.819. The topological polar surface area (TPSA) is 35.8 Å². The zero-order valence-corrected chi connectivity index (χ0v) is 13.0. The molecule has 0 aliphatic carbocycles. The van der Waals surface area contributed by atoms with E-state index in [9.17, 15) is 5.11 Å². The summed E-state index contributed by atoms with van der Waals surface area (Å²) in [6, 6.07) is 6.07. The number of aromatic hydroxyl groups is 1. The Morgan fingerprint density at radius 3 is 3.00 bits per heavy atom. The van der Waals surface area contributed by atoms with E-state index in [1.165, 1.54) is 0 Å². The summed E-state index contributed by atoms with van der Waals surface area (Å²) in [5.74, 6) is 2.18. The summed E-state index contributed by atoms with van der Waals surface area (Å²) in [5.41, 5.74) is 1.92. The number of nitrogens with zero attached hydrogens (tertiary/aromatic N) is 2. The van der Waals surface area contributed by atoms with E-state index in [2.05, 4.69) is 24.6 Å². The molecule has 0 amide bonds. The lowest BCUT2D eigenvalue weighted by Crippen LogP contribution is -2.29. The van der Waals surface area contributed by atoms with Gasteiger partial charge in [-0.25, -0.2) is 0 Å². The van der Waals surface area contributed by atoms with Gasteiger partial charge >= 0.3 is 0 Å². The zero-order chi connectivity index (χ0) is 13.8. The molecule has 1 aromatic carbocycles. The molecular formula is C14H20N2OS2. The van der Waals surface area contributed by atoms with E-state index < -0.39 is 0 Å². The van der Waals surface area contributed by atoms with Gasteiger partial charge in [-0.3, -0.25) is 4.99 Å². The van der Waals surface area contributed by atoms with Gasteiger partial charge in [-0.1, -0.05) is 6.07 Å². The molecule has 19 heavy (non-hydrogen) atoms. The highest BCUT2D eigenvalue weighted by atomic mass is 32.2. The van der Waals surface area contributed by atoms with Gasteiger partial charge in [0.25, 0.3) is 0 Å². The van der Waals surface area contributed by atoms with Crippen LogP contribution in [0.5, 0.6) is 5.75 Å². The number of hydrogen-bond donors (Lipinski definition) is 2. The van der Waals surface area contributed by atoms with Crippen molar-refractivity contribution in [2.24, 2.45) is 4.99 Å². The number of aryl methyl sites for hydroxylation is 1. The normalized spacial score (nSPS) is 18.9. The molecule has 1 unspecified atom stereocenters. The first-order valence-corrected chi connectivity index (χ1v) is 8.02. The summed E-state index contributed by atoms with van der Waals surface area (Å²) in [7, 11) is 2.09. The first-order chi connectivity index (χ1) is 9.10. The standard InChI is InChI=1S/C14H20N2OS2/c1-10-3-4-12(13(17)7-10)14-15-11(9-19-14)8-16(2)5-6-18/h3-4,7,11,17-18H,5-6,8-9H2,1-2H3. The van der Waals surface area contributed by atoms with Crippen LogP contribution in [-0.2, 0) is 0 Å². The van der Waals surface area contributed by atoms with E-state index in [1.807, 2.05) is 19.1 Å². The maximum Gasteiger partial charge on any atom is 0.125 e. The number of thioether (sulfide) groups is 1. The average molecular weight is 296 g/mol. The Balaban J connectivity index is 2.06. The first kappa shape index (κ1) is 14.8. The Kier molecular flexibility index (Phi) is 5.19. The molecule has 0 radical (unpaired) electrons. The second-order valence-electron chi connectivity index (χ2n) is 4.91. The van der Waals surface area contributed by atoms with Crippen LogP contribution in [0.3, 0.4) is 0 Å². The van der Waals surface area contributed by atoms with Crippen LogP contribution in [0.1, 0.15) is 11.1 Å². The molecule has 1 atom stereocenters. The number of rotatable bonds is 5. The van der Waals surface area contributed by atoms with Crippen molar-refractivity contribution in [1.29, 1.82) is 0 Å². The fourth-order valence-electron chi connectivity index (χ4n) is 2.10. The second kappa shape index (κ2) is 6.68. The Morgan fingerprint density at radius 2 is 2.32 bits per heavy atom. The van der Waals surface area contributed by atoms with Crippen LogP contribution in [0.15, 0.2) is 23.2 Å². The number of phenols is 1. The predicted molar refractivity (Wildman–Crippen MR) is 87.0 cm³/mol. The van der Waals surface area contributed by atoms with Crippen LogP contribution >= 0.6 is 24.4 Å². The molecule has 0 bridgehead atoms. The Bertz CT molecular complexity index is 477. The lowest BCUT2D eigenvalue weighted by Gasteiger charge is -2.17. The van der Waals surface area contributed by atoms with E-state index in [1.54, 1.807) is 17.8 Å². The molecule has 2 rings (SSSR count). The van der Waals surface area contributed by atoms with Gasteiger partial charge in [0.2, 0.25) is 0 Å². The van der Waals surface area contributed by atoms with Crippen molar-refractivity contribution in [3.63, 3.8) is 0 Å². The molecule has 104 valence electrons. The zero-order valence-electron chi connectivity index (χ0n) is 11.3. The smallest absolute Gasteiger partial charge is 0.125 e. The summed E-state index contributed by atoms with van der Waals surface area (Å²) < 4.78 is 0. The molecule has 1 aromatic rings. The summed E-state index contributed by atoms with van der Waals surface area (Å²) in [6.07, 6.45) is 0.